The van der Waals surface area contributed by atoms with Crippen molar-refractivity contribution in [3.8, 4) is 0 Å². The summed E-state index contributed by atoms with van der Waals surface area (Å²) in [7, 11) is 0. The Morgan fingerprint density at radius 3 is 2.65 bits per heavy atom. The van der Waals surface area contributed by atoms with Gasteiger partial charge in [-0.05, 0) is 46.6 Å². The lowest BCUT2D eigenvalue weighted by molar-refractivity contribution is -0.159. The van der Waals surface area contributed by atoms with Crippen LogP contribution < -0.4 is 0 Å². The van der Waals surface area contributed by atoms with Gasteiger partial charge in [0.15, 0.2) is 0 Å². The summed E-state index contributed by atoms with van der Waals surface area (Å²) < 4.78 is 10.6. The van der Waals surface area contributed by atoms with E-state index in [1.54, 1.807) is 17.9 Å². The first-order chi connectivity index (χ1) is 9.29. The van der Waals surface area contributed by atoms with Crippen molar-refractivity contribution in [2.24, 2.45) is 0 Å². The molecule has 0 aromatic carbocycles. The number of hydrogen-bond acceptors (Lipinski definition) is 4. The van der Waals surface area contributed by atoms with Crippen molar-refractivity contribution in [3.05, 3.63) is 23.7 Å². The van der Waals surface area contributed by atoms with E-state index in [0.717, 1.165) is 6.42 Å². The molecule has 0 spiro atoms. The van der Waals surface area contributed by atoms with E-state index in [4.69, 9.17) is 9.15 Å². The molecule has 1 aliphatic heterocycles. The molecular formula is C15H21NO4. The Balaban J connectivity index is 2.13. The summed E-state index contributed by atoms with van der Waals surface area (Å²) >= 11 is 0. The van der Waals surface area contributed by atoms with Gasteiger partial charge in [0.25, 0.3) is 5.91 Å². The van der Waals surface area contributed by atoms with Gasteiger partial charge < -0.3 is 14.1 Å². The predicted octanol–water partition coefficient (Wildman–Crippen LogP) is 2.53. The molecule has 1 fully saturated rings. The van der Waals surface area contributed by atoms with Gasteiger partial charge in [0, 0.05) is 6.54 Å². The molecule has 1 amide bonds. The van der Waals surface area contributed by atoms with Crippen LogP contribution in [0.25, 0.3) is 0 Å². The smallest absolute Gasteiger partial charge is 0.329 e. The molecule has 0 radical (unpaired) electrons. The Bertz CT molecular complexity index is 512. The van der Waals surface area contributed by atoms with E-state index in [9.17, 15) is 9.59 Å². The number of hydrogen-bond donors (Lipinski definition) is 0. The van der Waals surface area contributed by atoms with Crippen LogP contribution in [0.15, 0.2) is 16.7 Å². The van der Waals surface area contributed by atoms with Crippen LogP contribution in [0.1, 0.15) is 49.7 Å². The minimum Gasteiger partial charge on any atom is -0.469 e. The van der Waals surface area contributed by atoms with Gasteiger partial charge in [-0.25, -0.2) is 4.79 Å². The molecule has 5 heteroatoms. The first kappa shape index (κ1) is 14.6. The summed E-state index contributed by atoms with van der Waals surface area (Å²) in [6, 6.07) is 1.15. The SMILES string of the molecule is Cc1occc1C(=O)N1CCC[C@H]1C(=O)OC(C)(C)C. The lowest BCUT2D eigenvalue weighted by atomic mass is 10.1. The van der Waals surface area contributed by atoms with E-state index < -0.39 is 11.6 Å². The number of furan rings is 1. The predicted molar refractivity (Wildman–Crippen MR) is 73.3 cm³/mol. The molecular weight excluding hydrogens is 258 g/mol. The number of esters is 1. The van der Waals surface area contributed by atoms with Crippen LogP contribution in [0, 0.1) is 6.92 Å². The average Bonchev–Trinajstić information content (AvgIpc) is 2.93. The van der Waals surface area contributed by atoms with Crippen LogP contribution >= 0.6 is 0 Å². The fourth-order valence-electron chi connectivity index (χ4n) is 2.39. The van der Waals surface area contributed by atoms with E-state index in [2.05, 4.69) is 0 Å². The highest BCUT2D eigenvalue weighted by Gasteiger charge is 2.37. The fraction of sp³-hybridized carbons (Fsp3) is 0.600. The van der Waals surface area contributed by atoms with Gasteiger partial charge in [0.1, 0.15) is 17.4 Å². The second kappa shape index (κ2) is 5.31. The molecule has 1 atom stereocenters. The van der Waals surface area contributed by atoms with Crippen molar-refractivity contribution in [1.82, 2.24) is 4.90 Å². The highest BCUT2D eigenvalue weighted by Crippen LogP contribution is 2.24. The molecule has 2 heterocycles. The first-order valence-corrected chi connectivity index (χ1v) is 6.87. The second-order valence-corrected chi connectivity index (χ2v) is 6.08. The fourth-order valence-corrected chi connectivity index (χ4v) is 2.39. The number of nitrogens with zero attached hydrogens (tertiary/aromatic N) is 1. The summed E-state index contributed by atoms with van der Waals surface area (Å²) in [4.78, 5) is 26.2. The average molecular weight is 279 g/mol. The monoisotopic (exact) mass is 279 g/mol. The van der Waals surface area contributed by atoms with E-state index >= 15 is 0 Å². The number of carbonyl (C=O) groups excluding carboxylic acids is 2. The molecule has 0 aliphatic carbocycles. The van der Waals surface area contributed by atoms with Crippen LogP contribution in [-0.2, 0) is 9.53 Å². The molecule has 110 valence electrons. The quantitative estimate of drug-likeness (QED) is 0.781. The molecule has 1 saturated heterocycles. The zero-order chi connectivity index (χ0) is 14.9. The zero-order valence-corrected chi connectivity index (χ0v) is 12.4. The molecule has 20 heavy (non-hydrogen) atoms. The summed E-state index contributed by atoms with van der Waals surface area (Å²) in [6.45, 7) is 7.80. The summed E-state index contributed by atoms with van der Waals surface area (Å²) in [5, 5.41) is 0. The topological polar surface area (TPSA) is 59.8 Å². The van der Waals surface area contributed by atoms with Crippen LogP contribution in [0.5, 0.6) is 0 Å². The minimum absolute atomic E-state index is 0.162. The first-order valence-electron chi connectivity index (χ1n) is 6.87. The van der Waals surface area contributed by atoms with Gasteiger partial charge in [-0.15, -0.1) is 0 Å². The van der Waals surface area contributed by atoms with Crippen molar-refractivity contribution in [2.45, 2.75) is 52.2 Å². The van der Waals surface area contributed by atoms with Crippen molar-refractivity contribution in [1.29, 1.82) is 0 Å². The third kappa shape index (κ3) is 3.03. The van der Waals surface area contributed by atoms with Crippen molar-refractivity contribution < 1.29 is 18.7 Å². The van der Waals surface area contributed by atoms with Gasteiger partial charge >= 0.3 is 5.97 Å². The normalized spacial score (nSPS) is 19.2. The molecule has 5 nitrogen and oxygen atoms in total. The summed E-state index contributed by atoms with van der Waals surface area (Å²) in [5.41, 5.74) is -0.0274. The highest BCUT2D eigenvalue weighted by molar-refractivity contribution is 5.97. The Hall–Kier alpha value is -1.78. The second-order valence-electron chi connectivity index (χ2n) is 6.08. The Morgan fingerprint density at radius 1 is 1.40 bits per heavy atom. The van der Waals surface area contributed by atoms with Gasteiger partial charge in [-0.2, -0.15) is 0 Å². The van der Waals surface area contributed by atoms with Gasteiger partial charge in [0.2, 0.25) is 0 Å². The largest absolute Gasteiger partial charge is 0.469 e. The molecule has 0 saturated carbocycles. The van der Waals surface area contributed by atoms with Crippen LogP contribution in [-0.4, -0.2) is 35.0 Å². The lowest BCUT2D eigenvalue weighted by Gasteiger charge is -2.27. The summed E-state index contributed by atoms with van der Waals surface area (Å²) in [6.07, 6.45) is 2.95. The molecule has 0 bridgehead atoms. The molecule has 1 aromatic heterocycles. The number of ether oxygens (including phenoxy) is 1. The Labute approximate surface area is 118 Å². The number of likely N-dealkylation sites (tertiary alicyclic amines) is 1. The van der Waals surface area contributed by atoms with Gasteiger partial charge in [-0.3, -0.25) is 4.79 Å². The van der Waals surface area contributed by atoms with E-state index in [0.29, 0.717) is 24.3 Å². The molecule has 0 unspecified atom stereocenters. The standard InChI is InChI=1S/C15H21NO4/c1-10-11(7-9-19-10)13(17)16-8-5-6-12(16)14(18)20-15(2,3)4/h7,9,12H,5-6,8H2,1-4H3/t12-/m0/s1. The lowest BCUT2D eigenvalue weighted by Crippen LogP contribution is -2.43. The van der Waals surface area contributed by atoms with E-state index in [1.807, 2.05) is 20.8 Å². The van der Waals surface area contributed by atoms with Crippen LogP contribution in [0.3, 0.4) is 0 Å². The highest BCUT2D eigenvalue weighted by atomic mass is 16.6. The van der Waals surface area contributed by atoms with Crippen molar-refractivity contribution in [3.63, 3.8) is 0 Å². The van der Waals surface area contributed by atoms with Crippen LogP contribution in [0.4, 0.5) is 0 Å². The molecule has 0 N–H and O–H groups in total. The van der Waals surface area contributed by atoms with Gasteiger partial charge in [-0.1, -0.05) is 0 Å². The van der Waals surface area contributed by atoms with E-state index in [1.165, 1.54) is 6.26 Å². The maximum Gasteiger partial charge on any atom is 0.329 e. The number of aryl methyl sites for hydroxylation is 1. The minimum atomic E-state index is -0.542. The Kier molecular flexibility index (Phi) is 3.88. The maximum absolute atomic E-state index is 12.5. The third-order valence-corrected chi connectivity index (χ3v) is 3.28. The third-order valence-electron chi connectivity index (χ3n) is 3.28. The number of carbonyl (C=O) groups is 2. The maximum atomic E-state index is 12.5. The molecule has 1 aromatic rings. The molecule has 2 rings (SSSR count). The zero-order valence-electron chi connectivity index (χ0n) is 12.4. The molecule has 1 aliphatic rings. The number of rotatable bonds is 2. The van der Waals surface area contributed by atoms with E-state index in [-0.39, 0.29) is 11.9 Å². The van der Waals surface area contributed by atoms with Crippen molar-refractivity contribution >= 4 is 11.9 Å². The number of amides is 1. The van der Waals surface area contributed by atoms with Gasteiger partial charge in [0.05, 0.1) is 11.8 Å². The van der Waals surface area contributed by atoms with Crippen molar-refractivity contribution in [2.75, 3.05) is 6.54 Å². The summed E-state index contributed by atoms with van der Waals surface area (Å²) in [5.74, 6) is 0.0824. The Morgan fingerprint density at radius 2 is 2.10 bits per heavy atom. The van der Waals surface area contributed by atoms with Crippen LogP contribution in [0.2, 0.25) is 0 Å².